The molecule has 33 heavy (non-hydrogen) atoms. The van der Waals surface area contributed by atoms with Crippen molar-refractivity contribution in [3.05, 3.63) is 72.0 Å². The minimum Gasteiger partial charge on any atom is -0.460 e. The first-order valence-electron chi connectivity index (χ1n) is 11.9. The highest BCUT2D eigenvalue weighted by molar-refractivity contribution is 6.90. The molecule has 0 aliphatic carbocycles. The lowest BCUT2D eigenvalue weighted by atomic mass is 9.89. The predicted octanol–water partition coefficient (Wildman–Crippen LogP) is 8.24. The highest BCUT2D eigenvalue weighted by atomic mass is 28.3. The van der Waals surface area contributed by atoms with Gasteiger partial charge >= 0.3 is 0 Å². The largest absolute Gasteiger partial charge is 0.460 e. The Bertz CT molecular complexity index is 1510. The fraction of sp³-hybridized carbons (Fsp3) is 0.300. The first-order valence-corrected chi connectivity index (χ1v) is 15.4. The third kappa shape index (κ3) is 3.89. The van der Waals surface area contributed by atoms with Gasteiger partial charge in [0.1, 0.15) is 11.3 Å². The fourth-order valence-corrected chi connectivity index (χ4v) is 6.53. The highest BCUT2D eigenvalue weighted by Crippen LogP contribution is 2.40. The summed E-state index contributed by atoms with van der Waals surface area (Å²) in [6.45, 7) is 16.3. The first kappa shape index (κ1) is 21.9. The van der Waals surface area contributed by atoms with Crippen LogP contribution in [0.4, 0.5) is 0 Å². The van der Waals surface area contributed by atoms with Crippen molar-refractivity contribution >= 4 is 45.9 Å². The van der Waals surface area contributed by atoms with E-state index in [0.717, 1.165) is 39.7 Å². The molecule has 5 aromatic rings. The molecule has 0 N–H and O–H groups in total. The summed E-state index contributed by atoms with van der Waals surface area (Å²) in [4.78, 5) is 5.23. The van der Waals surface area contributed by atoms with E-state index < -0.39 is 8.07 Å². The van der Waals surface area contributed by atoms with E-state index in [1.165, 1.54) is 27.1 Å². The van der Waals surface area contributed by atoms with Crippen LogP contribution in [0.25, 0.3) is 43.9 Å². The number of para-hydroxylation sites is 1. The number of aromatic nitrogens is 1. The quantitative estimate of drug-likeness (QED) is 0.258. The molecule has 5 rings (SSSR count). The zero-order chi connectivity index (χ0) is 23.5. The van der Waals surface area contributed by atoms with Gasteiger partial charge < -0.3 is 4.42 Å². The molecule has 0 radical (unpaired) electrons. The molecule has 0 amide bonds. The summed E-state index contributed by atoms with van der Waals surface area (Å²) in [5, 5.41) is 6.38. The standard InChI is InChI=1S/C30H33NOSi/c1-19-25(18-30(2,3)4)32-29-23-14-10-11-15-24(23)31-28(27(19)29)21-16-20-12-8-9-13-22(20)26(17-21)33(5,6)7/h8-17H,18H2,1-7H3. The third-order valence-corrected chi connectivity index (χ3v) is 8.53. The summed E-state index contributed by atoms with van der Waals surface area (Å²) in [6.07, 6.45) is 0.902. The summed E-state index contributed by atoms with van der Waals surface area (Å²) in [6, 6.07) is 21.9. The summed E-state index contributed by atoms with van der Waals surface area (Å²) in [5.41, 5.74) is 5.55. The van der Waals surface area contributed by atoms with Crippen LogP contribution in [-0.2, 0) is 6.42 Å². The van der Waals surface area contributed by atoms with E-state index in [2.05, 4.69) is 108 Å². The minimum absolute atomic E-state index is 0.149. The highest BCUT2D eigenvalue weighted by Gasteiger charge is 2.25. The maximum atomic E-state index is 6.60. The molecule has 0 atom stereocenters. The maximum absolute atomic E-state index is 6.60. The van der Waals surface area contributed by atoms with E-state index in [1.54, 1.807) is 0 Å². The van der Waals surface area contributed by atoms with Crippen molar-refractivity contribution in [2.75, 3.05) is 0 Å². The molecule has 0 unspecified atom stereocenters. The number of nitrogens with zero attached hydrogens (tertiary/aromatic N) is 1. The van der Waals surface area contributed by atoms with Crippen LogP contribution in [-0.4, -0.2) is 13.1 Å². The van der Waals surface area contributed by atoms with Crippen LogP contribution in [0.15, 0.2) is 65.1 Å². The van der Waals surface area contributed by atoms with Crippen LogP contribution >= 0.6 is 0 Å². The van der Waals surface area contributed by atoms with Crippen molar-refractivity contribution in [3.63, 3.8) is 0 Å². The molecular formula is C30H33NOSi. The van der Waals surface area contributed by atoms with Gasteiger partial charge in [0, 0.05) is 22.9 Å². The van der Waals surface area contributed by atoms with Crippen LogP contribution in [0, 0.1) is 12.3 Å². The molecule has 2 aromatic heterocycles. The zero-order valence-electron chi connectivity index (χ0n) is 20.8. The second-order valence-electron chi connectivity index (χ2n) is 11.6. The van der Waals surface area contributed by atoms with Crippen molar-refractivity contribution < 1.29 is 4.42 Å². The fourth-order valence-electron chi connectivity index (χ4n) is 4.90. The zero-order valence-corrected chi connectivity index (χ0v) is 21.8. The third-order valence-electron chi connectivity index (χ3n) is 6.50. The Morgan fingerprint density at radius 2 is 1.55 bits per heavy atom. The van der Waals surface area contributed by atoms with E-state index in [-0.39, 0.29) is 5.41 Å². The lowest BCUT2D eigenvalue weighted by molar-refractivity contribution is 0.369. The number of rotatable bonds is 3. The van der Waals surface area contributed by atoms with Crippen molar-refractivity contribution in [1.82, 2.24) is 4.98 Å². The van der Waals surface area contributed by atoms with Gasteiger partial charge in [0.15, 0.2) is 0 Å². The van der Waals surface area contributed by atoms with E-state index in [0.29, 0.717) is 0 Å². The van der Waals surface area contributed by atoms with Gasteiger partial charge in [0.2, 0.25) is 0 Å². The number of benzene rings is 3. The van der Waals surface area contributed by atoms with Crippen molar-refractivity contribution in [2.24, 2.45) is 5.41 Å². The van der Waals surface area contributed by atoms with Gasteiger partial charge in [0.05, 0.1) is 24.7 Å². The van der Waals surface area contributed by atoms with Gasteiger partial charge in [-0.3, -0.25) is 0 Å². The Morgan fingerprint density at radius 3 is 2.24 bits per heavy atom. The summed E-state index contributed by atoms with van der Waals surface area (Å²) >= 11 is 0. The molecular weight excluding hydrogens is 418 g/mol. The molecule has 0 aliphatic heterocycles. The van der Waals surface area contributed by atoms with Crippen LogP contribution < -0.4 is 5.19 Å². The number of hydrogen-bond acceptors (Lipinski definition) is 2. The predicted molar refractivity (Wildman–Crippen MR) is 145 cm³/mol. The Labute approximate surface area is 197 Å². The maximum Gasteiger partial charge on any atom is 0.146 e. The lowest BCUT2D eigenvalue weighted by Crippen LogP contribution is -2.38. The average molecular weight is 452 g/mol. The number of hydrogen-bond donors (Lipinski definition) is 0. The topological polar surface area (TPSA) is 26.0 Å². The molecule has 0 aliphatic rings. The van der Waals surface area contributed by atoms with E-state index in [1.807, 2.05) is 0 Å². The second-order valence-corrected chi connectivity index (χ2v) is 16.6. The van der Waals surface area contributed by atoms with Crippen molar-refractivity contribution in [3.8, 4) is 11.3 Å². The van der Waals surface area contributed by atoms with Gasteiger partial charge in [-0.25, -0.2) is 4.98 Å². The van der Waals surface area contributed by atoms with Crippen LogP contribution in [0.5, 0.6) is 0 Å². The summed E-state index contributed by atoms with van der Waals surface area (Å²) < 4.78 is 6.60. The number of pyridine rings is 1. The van der Waals surface area contributed by atoms with E-state index in [9.17, 15) is 0 Å². The minimum atomic E-state index is -1.57. The normalized spacial score (nSPS) is 12.8. The van der Waals surface area contributed by atoms with Gasteiger partial charge in [-0.1, -0.05) is 88.1 Å². The van der Waals surface area contributed by atoms with Crippen LogP contribution in [0.2, 0.25) is 19.6 Å². The molecule has 0 bridgehead atoms. The first-order chi connectivity index (χ1) is 15.5. The molecule has 0 spiro atoms. The Morgan fingerprint density at radius 1 is 0.879 bits per heavy atom. The molecule has 3 aromatic carbocycles. The lowest BCUT2D eigenvalue weighted by Gasteiger charge is -2.21. The Balaban J connectivity index is 1.89. The summed E-state index contributed by atoms with van der Waals surface area (Å²) in [7, 11) is -1.57. The number of furan rings is 1. The van der Waals surface area contributed by atoms with Crippen LogP contribution in [0.1, 0.15) is 32.1 Å². The second kappa shape index (κ2) is 7.56. The van der Waals surface area contributed by atoms with Gasteiger partial charge in [0.25, 0.3) is 0 Å². The summed E-state index contributed by atoms with van der Waals surface area (Å²) in [5.74, 6) is 1.07. The SMILES string of the molecule is Cc1c(CC(C)(C)C)oc2c1c(-c1cc([Si](C)(C)C)c3ccccc3c1)nc1ccccc12. The molecule has 0 saturated heterocycles. The monoisotopic (exact) mass is 451 g/mol. The molecule has 2 nitrogen and oxygen atoms in total. The number of aryl methyl sites for hydroxylation is 1. The van der Waals surface area contributed by atoms with E-state index in [4.69, 9.17) is 9.40 Å². The average Bonchev–Trinajstić information content (AvgIpc) is 3.06. The van der Waals surface area contributed by atoms with E-state index >= 15 is 0 Å². The molecule has 3 heteroatoms. The van der Waals surface area contributed by atoms with Gasteiger partial charge in [-0.05, 0) is 41.3 Å². The number of fused-ring (bicyclic) bond motifs is 4. The van der Waals surface area contributed by atoms with Crippen LogP contribution in [0.3, 0.4) is 0 Å². The van der Waals surface area contributed by atoms with Gasteiger partial charge in [-0.2, -0.15) is 0 Å². The van der Waals surface area contributed by atoms with Crippen molar-refractivity contribution in [1.29, 1.82) is 0 Å². The molecule has 2 heterocycles. The Hall–Kier alpha value is -2.91. The van der Waals surface area contributed by atoms with Gasteiger partial charge in [-0.15, -0.1) is 0 Å². The molecule has 0 saturated carbocycles. The molecule has 168 valence electrons. The van der Waals surface area contributed by atoms with Crippen molar-refractivity contribution in [2.45, 2.75) is 53.8 Å². The molecule has 0 fully saturated rings. The smallest absolute Gasteiger partial charge is 0.146 e. The Kier molecular flexibility index (Phi) is 5.02.